The lowest BCUT2D eigenvalue weighted by Crippen LogP contribution is -2.51. The Morgan fingerprint density at radius 1 is 0.923 bits per heavy atom. The van der Waals surface area contributed by atoms with Crippen LogP contribution in [0.1, 0.15) is 24.5 Å². The monoisotopic (exact) mass is 553 g/mol. The minimum absolute atomic E-state index is 0.00867. The van der Waals surface area contributed by atoms with Gasteiger partial charge in [-0.15, -0.1) is 0 Å². The van der Waals surface area contributed by atoms with Gasteiger partial charge in [-0.25, -0.2) is 8.42 Å². The molecule has 1 N–H and O–H groups in total. The van der Waals surface area contributed by atoms with Crippen molar-refractivity contribution in [1.82, 2.24) is 10.2 Å². The lowest BCUT2D eigenvalue weighted by Gasteiger charge is -2.33. The van der Waals surface area contributed by atoms with E-state index in [-0.39, 0.29) is 17.3 Å². The summed E-state index contributed by atoms with van der Waals surface area (Å²) in [4.78, 5) is 28.2. The maximum atomic E-state index is 13.9. The van der Waals surface area contributed by atoms with Gasteiger partial charge in [0.25, 0.3) is 10.0 Å². The molecule has 39 heavy (non-hydrogen) atoms. The number of nitrogens with zero attached hydrogens (tertiary/aromatic N) is 2. The number of carbonyl (C=O) groups excluding carboxylic acids is 2. The molecule has 0 saturated heterocycles. The van der Waals surface area contributed by atoms with Crippen LogP contribution in [-0.2, 0) is 26.2 Å². The topological polar surface area (TPSA) is 105 Å². The van der Waals surface area contributed by atoms with Crippen LogP contribution in [0.3, 0.4) is 0 Å². The Morgan fingerprint density at radius 2 is 1.56 bits per heavy atom. The summed E-state index contributed by atoms with van der Waals surface area (Å²) in [6.45, 7) is 3.28. The molecule has 9 nitrogen and oxygen atoms in total. The molecule has 0 aromatic heterocycles. The van der Waals surface area contributed by atoms with Gasteiger partial charge in [0.2, 0.25) is 11.8 Å². The largest absolute Gasteiger partial charge is 0.497 e. The third-order valence-corrected chi connectivity index (χ3v) is 8.16. The number of carbonyl (C=O) groups is 2. The summed E-state index contributed by atoms with van der Waals surface area (Å²) >= 11 is 0. The minimum atomic E-state index is -4.15. The Morgan fingerprint density at radius 3 is 2.13 bits per heavy atom. The van der Waals surface area contributed by atoms with Gasteiger partial charge in [0.15, 0.2) is 0 Å². The summed E-state index contributed by atoms with van der Waals surface area (Å²) in [7, 11) is 0.394. The van der Waals surface area contributed by atoms with Gasteiger partial charge in [-0.1, -0.05) is 36.8 Å². The molecular weight excluding hydrogens is 518 g/mol. The number of methoxy groups -OCH3 is 2. The highest BCUT2D eigenvalue weighted by Crippen LogP contribution is 2.26. The standard InChI is InChI=1S/C29H35N3O6S/c1-6-27(29(34)30-3)31(19-22-8-7-9-25(18-22)38-5)28(33)20-32(23-12-10-21(2)11-13-23)39(35,36)26-16-14-24(37-4)15-17-26/h7-18,27H,6,19-20H2,1-5H3,(H,30,34). The molecule has 0 fully saturated rings. The Bertz CT molecular complexity index is 1370. The Labute approximate surface area is 230 Å². The molecule has 1 unspecified atom stereocenters. The molecular formula is C29H35N3O6S. The zero-order valence-corrected chi connectivity index (χ0v) is 23.7. The van der Waals surface area contributed by atoms with E-state index in [0.29, 0.717) is 23.6 Å². The molecule has 2 amide bonds. The molecule has 3 aromatic rings. The zero-order valence-electron chi connectivity index (χ0n) is 22.9. The average molecular weight is 554 g/mol. The lowest BCUT2D eigenvalue weighted by atomic mass is 10.1. The number of likely N-dealkylation sites (N-methyl/N-ethyl adjacent to an activating group) is 1. The maximum Gasteiger partial charge on any atom is 0.264 e. The van der Waals surface area contributed by atoms with Crippen molar-refractivity contribution in [1.29, 1.82) is 0 Å². The van der Waals surface area contributed by atoms with Gasteiger partial charge in [-0.05, 0) is 67.4 Å². The van der Waals surface area contributed by atoms with E-state index in [1.807, 2.05) is 13.0 Å². The minimum Gasteiger partial charge on any atom is -0.497 e. The van der Waals surface area contributed by atoms with Crippen molar-refractivity contribution < 1.29 is 27.5 Å². The molecule has 0 radical (unpaired) electrons. The number of rotatable bonds is 12. The number of amides is 2. The Balaban J connectivity index is 2.05. The van der Waals surface area contributed by atoms with Crippen LogP contribution in [0, 0.1) is 6.92 Å². The normalized spacial score (nSPS) is 11.8. The van der Waals surface area contributed by atoms with E-state index in [0.717, 1.165) is 15.4 Å². The predicted octanol–water partition coefficient (Wildman–Crippen LogP) is 3.76. The highest BCUT2D eigenvalue weighted by atomic mass is 32.2. The van der Waals surface area contributed by atoms with Crippen LogP contribution < -0.4 is 19.1 Å². The number of anilines is 1. The molecule has 0 aliphatic rings. The number of ether oxygens (including phenoxy) is 2. The summed E-state index contributed by atoms with van der Waals surface area (Å²) < 4.78 is 39.3. The van der Waals surface area contributed by atoms with Crippen molar-refractivity contribution in [2.24, 2.45) is 0 Å². The molecule has 0 aliphatic carbocycles. The van der Waals surface area contributed by atoms with Crippen molar-refractivity contribution in [2.45, 2.75) is 37.8 Å². The third kappa shape index (κ3) is 7.08. The first-order valence-corrected chi connectivity index (χ1v) is 14.0. The first-order valence-electron chi connectivity index (χ1n) is 12.5. The molecule has 10 heteroatoms. The molecule has 0 spiro atoms. The molecule has 208 valence electrons. The SMILES string of the molecule is CCC(C(=O)NC)N(Cc1cccc(OC)c1)C(=O)CN(c1ccc(C)cc1)S(=O)(=O)c1ccc(OC)cc1. The van der Waals surface area contributed by atoms with Gasteiger partial charge in [-0.3, -0.25) is 13.9 Å². The molecule has 3 aromatic carbocycles. The highest BCUT2D eigenvalue weighted by molar-refractivity contribution is 7.92. The zero-order chi connectivity index (χ0) is 28.6. The van der Waals surface area contributed by atoms with E-state index in [1.165, 1.54) is 31.2 Å². The van der Waals surface area contributed by atoms with E-state index < -0.39 is 28.5 Å². The van der Waals surface area contributed by atoms with Crippen LogP contribution in [0.4, 0.5) is 5.69 Å². The van der Waals surface area contributed by atoms with Gasteiger partial charge in [0, 0.05) is 13.6 Å². The van der Waals surface area contributed by atoms with Crippen molar-refractivity contribution in [3.63, 3.8) is 0 Å². The molecule has 0 saturated carbocycles. The van der Waals surface area contributed by atoms with Gasteiger partial charge in [-0.2, -0.15) is 0 Å². The van der Waals surface area contributed by atoms with E-state index in [2.05, 4.69) is 5.32 Å². The first kappa shape index (κ1) is 29.5. The summed E-state index contributed by atoms with van der Waals surface area (Å²) in [6, 6.07) is 19.2. The van der Waals surface area contributed by atoms with Crippen LogP contribution in [0.25, 0.3) is 0 Å². The van der Waals surface area contributed by atoms with Crippen LogP contribution >= 0.6 is 0 Å². The van der Waals surface area contributed by atoms with Gasteiger partial charge in [0.05, 0.1) is 24.8 Å². The number of hydrogen-bond donors (Lipinski definition) is 1. The third-order valence-electron chi connectivity index (χ3n) is 6.37. The summed E-state index contributed by atoms with van der Waals surface area (Å²) in [5, 5.41) is 2.62. The average Bonchev–Trinajstić information content (AvgIpc) is 2.96. The smallest absolute Gasteiger partial charge is 0.264 e. The summed E-state index contributed by atoms with van der Waals surface area (Å²) in [5.74, 6) is 0.253. The predicted molar refractivity (Wildman–Crippen MR) is 150 cm³/mol. The second-order valence-electron chi connectivity index (χ2n) is 8.93. The summed E-state index contributed by atoms with van der Waals surface area (Å²) in [5.41, 5.74) is 2.02. The molecule has 1 atom stereocenters. The highest BCUT2D eigenvalue weighted by Gasteiger charge is 2.33. The Kier molecular flexibility index (Phi) is 9.95. The van der Waals surface area contributed by atoms with Crippen molar-refractivity contribution in [3.8, 4) is 11.5 Å². The van der Waals surface area contributed by atoms with E-state index in [1.54, 1.807) is 68.6 Å². The van der Waals surface area contributed by atoms with E-state index in [4.69, 9.17) is 9.47 Å². The molecule has 0 bridgehead atoms. The second kappa shape index (κ2) is 13.1. The number of aryl methyl sites for hydroxylation is 1. The number of nitrogens with one attached hydrogen (secondary N) is 1. The molecule has 3 rings (SSSR count). The maximum absolute atomic E-state index is 13.9. The van der Waals surface area contributed by atoms with Crippen molar-refractivity contribution >= 4 is 27.5 Å². The van der Waals surface area contributed by atoms with Crippen molar-refractivity contribution in [3.05, 3.63) is 83.9 Å². The van der Waals surface area contributed by atoms with Gasteiger partial charge in [0.1, 0.15) is 24.1 Å². The van der Waals surface area contributed by atoms with Crippen LogP contribution in [0.5, 0.6) is 11.5 Å². The van der Waals surface area contributed by atoms with E-state index >= 15 is 0 Å². The second-order valence-corrected chi connectivity index (χ2v) is 10.8. The molecule has 0 heterocycles. The summed E-state index contributed by atoms with van der Waals surface area (Å²) in [6.07, 6.45) is 0.338. The van der Waals surface area contributed by atoms with Crippen LogP contribution in [-0.4, -0.2) is 59.0 Å². The van der Waals surface area contributed by atoms with Crippen LogP contribution in [0.15, 0.2) is 77.7 Å². The number of hydrogen-bond acceptors (Lipinski definition) is 6. The fourth-order valence-corrected chi connectivity index (χ4v) is 5.58. The van der Waals surface area contributed by atoms with Crippen LogP contribution in [0.2, 0.25) is 0 Å². The van der Waals surface area contributed by atoms with Gasteiger partial charge < -0.3 is 19.7 Å². The quantitative estimate of drug-likeness (QED) is 0.366. The van der Waals surface area contributed by atoms with E-state index in [9.17, 15) is 18.0 Å². The molecule has 0 aliphatic heterocycles. The number of benzene rings is 3. The number of sulfonamides is 1. The Hall–Kier alpha value is -4.05. The fourth-order valence-electron chi connectivity index (χ4n) is 4.17. The first-order chi connectivity index (χ1) is 18.6. The van der Waals surface area contributed by atoms with Gasteiger partial charge >= 0.3 is 0 Å². The van der Waals surface area contributed by atoms with Crippen molar-refractivity contribution in [2.75, 3.05) is 32.1 Å². The lowest BCUT2D eigenvalue weighted by molar-refractivity contribution is -0.140. The fraction of sp³-hybridized carbons (Fsp3) is 0.310.